The van der Waals surface area contributed by atoms with Crippen LogP contribution in [0.1, 0.15) is 51.9 Å². The molecule has 1 fully saturated rings. The Balaban J connectivity index is 2.43. The van der Waals surface area contributed by atoms with E-state index in [1.165, 1.54) is 24.2 Å². The van der Waals surface area contributed by atoms with E-state index in [1.54, 1.807) is 7.05 Å². The highest BCUT2D eigenvalue weighted by Crippen LogP contribution is 2.22. The Labute approximate surface area is 114 Å². The van der Waals surface area contributed by atoms with Gasteiger partial charge in [-0.2, -0.15) is 0 Å². The Kier molecular flexibility index (Phi) is 6.84. The van der Waals surface area contributed by atoms with Crippen molar-refractivity contribution in [3.63, 3.8) is 0 Å². The Morgan fingerprint density at radius 2 is 1.95 bits per heavy atom. The summed E-state index contributed by atoms with van der Waals surface area (Å²) < 4.78 is 5.89. The average molecular weight is 271 g/mol. The van der Waals surface area contributed by atoms with Crippen LogP contribution in [0, 0.1) is 0 Å². The van der Waals surface area contributed by atoms with Gasteiger partial charge in [-0.1, -0.05) is 26.2 Å². The quantitative estimate of drug-likeness (QED) is 0.769. The summed E-state index contributed by atoms with van der Waals surface area (Å²) in [7, 11) is 1.64. The molecule has 5 nitrogen and oxygen atoms in total. The van der Waals surface area contributed by atoms with Gasteiger partial charge in [0.05, 0.1) is 12.5 Å². The molecule has 0 saturated heterocycles. The van der Waals surface area contributed by atoms with E-state index in [1.807, 2.05) is 6.92 Å². The molecule has 1 rings (SSSR count). The van der Waals surface area contributed by atoms with Crippen molar-refractivity contribution in [3.05, 3.63) is 0 Å². The second-order valence-corrected chi connectivity index (χ2v) is 5.20. The Morgan fingerprint density at radius 1 is 1.32 bits per heavy atom. The Hall–Kier alpha value is -1.10. The van der Waals surface area contributed by atoms with Gasteiger partial charge in [-0.25, -0.2) is 0 Å². The molecule has 19 heavy (non-hydrogen) atoms. The molecule has 1 N–H and O–H groups in total. The number of carboxylic acids is 1. The second-order valence-electron chi connectivity index (χ2n) is 5.20. The van der Waals surface area contributed by atoms with Crippen molar-refractivity contribution in [2.45, 2.75) is 64.1 Å². The monoisotopic (exact) mass is 271 g/mol. The fourth-order valence-corrected chi connectivity index (χ4v) is 2.38. The number of hydrogen-bond donors (Lipinski definition) is 1. The molecule has 1 atom stereocenters. The molecule has 1 aliphatic carbocycles. The normalized spacial score (nSPS) is 18.0. The predicted octanol–water partition coefficient (Wildman–Crippen LogP) is 2.05. The zero-order valence-corrected chi connectivity index (χ0v) is 11.9. The number of hydrogen-bond acceptors (Lipinski definition) is 3. The second kappa shape index (κ2) is 8.15. The third-order valence-electron chi connectivity index (χ3n) is 3.59. The number of carbonyl (C=O) groups is 2. The molecule has 0 heterocycles. The van der Waals surface area contributed by atoms with Crippen molar-refractivity contribution < 1.29 is 19.4 Å². The standard InChI is InChI=1S/C14H25NO4/c1-3-12(19-11-7-5-4-6-8-11)14(18)15(2)10-9-13(16)17/h11-12H,3-10H2,1-2H3,(H,16,17). The molecule has 0 aromatic carbocycles. The zero-order valence-electron chi connectivity index (χ0n) is 11.9. The minimum Gasteiger partial charge on any atom is -0.481 e. The highest BCUT2D eigenvalue weighted by Gasteiger charge is 2.25. The van der Waals surface area contributed by atoms with Gasteiger partial charge in [0, 0.05) is 13.6 Å². The fourth-order valence-electron chi connectivity index (χ4n) is 2.38. The maximum absolute atomic E-state index is 12.2. The molecule has 0 aromatic rings. The van der Waals surface area contributed by atoms with Crippen LogP contribution < -0.4 is 0 Å². The van der Waals surface area contributed by atoms with E-state index in [2.05, 4.69) is 0 Å². The van der Waals surface area contributed by atoms with Gasteiger partial charge >= 0.3 is 5.97 Å². The molecule has 0 bridgehead atoms. The first-order valence-corrected chi connectivity index (χ1v) is 7.16. The number of amides is 1. The van der Waals surface area contributed by atoms with Crippen LogP contribution in [-0.2, 0) is 14.3 Å². The fraction of sp³-hybridized carbons (Fsp3) is 0.857. The number of rotatable bonds is 7. The molecule has 1 aliphatic rings. The smallest absolute Gasteiger partial charge is 0.305 e. The number of aliphatic carboxylic acids is 1. The summed E-state index contributed by atoms with van der Waals surface area (Å²) >= 11 is 0. The van der Waals surface area contributed by atoms with Crippen LogP contribution in [0.25, 0.3) is 0 Å². The van der Waals surface area contributed by atoms with Crippen LogP contribution in [0.5, 0.6) is 0 Å². The molecule has 1 saturated carbocycles. The average Bonchev–Trinajstić information content (AvgIpc) is 2.42. The Bertz CT molecular complexity index is 300. The van der Waals surface area contributed by atoms with Crippen LogP contribution in [0.3, 0.4) is 0 Å². The summed E-state index contributed by atoms with van der Waals surface area (Å²) in [6.45, 7) is 2.16. The van der Waals surface area contributed by atoms with Gasteiger partial charge in [0.25, 0.3) is 5.91 Å². The molecule has 1 amide bonds. The molecule has 5 heteroatoms. The van der Waals surface area contributed by atoms with Gasteiger partial charge in [0.1, 0.15) is 6.10 Å². The van der Waals surface area contributed by atoms with Crippen molar-refractivity contribution in [2.75, 3.05) is 13.6 Å². The molecular weight excluding hydrogens is 246 g/mol. The molecule has 110 valence electrons. The van der Waals surface area contributed by atoms with Gasteiger partial charge in [-0.15, -0.1) is 0 Å². The molecule has 1 unspecified atom stereocenters. The van der Waals surface area contributed by atoms with Gasteiger partial charge in [-0.05, 0) is 19.3 Å². The van der Waals surface area contributed by atoms with Crippen molar-refractivity contribution in [2.24, 2.45) is 0 Å². The molecule has 0 aliphatic heterocycles. The van der Waals surface area contributed by atoms with Gasteiger partial charge in [0.2, 0.25) is 0 Å². The lowest BCUT2D eigenvalue weighted by Gasteiger charge is -2.29. The summed E-state index contributed by atoms with van der Waals surface area (Å²) in [6, 6.07) is 0. The lowest BCUT2D eigenvalue weighted by molar-refractivity contribution is -0.148. The maximum Gasteiger partial charge on any atom is 0.305 e. The highest BCUT2D eigenvalue weighted by atomic mass is 16.5. The van der Waals surface area contributed by atoms with E-state index in [0.717, 1.165) is 12.8 Å². The van der Waals surface area contributed by atoms with E-state index in [0.29, 0.717) is 6.42 Å². The molecule has 0 aromatic heterocycles. The third-order valence-corrected chi connectivity index (χ3v) is 3.59. The summed E-state index contributed by atoms with van der Waals surface area (Å²) in [4.78, 5) is 24.1. The van der Waals surface area contributed by atoms with Gasteiger partial charge < -0.3 is 14.7 Å². The van der Waals surface area contributed by atoms with Crippen molar-refractivity contribution in [1.29, 1.82) is 0 Å². The van der Waals surface area contributed by atoms with Crippen LogP contribution in [0.2, 0.25) is 0 Å². The van der Waals surface area contributed by atoms with Gasteiger partial charge in [-0.3, -0.25) is 9.59 Å². The first kappa shape index (κ1) is 16.0. The number of nitrogens with zero attached hydrogens (tertiary/aromatic N) is 1. The van der Waals surface area contributed by atoms with Crippen LogP contribution in [0.15, 0.2) is 0 Å². The molecular formula is C14H25NO4. The molecule has 0 spiro atoms. The first-order chi connectivity index (χ1) is 9.04. The predicted molar refractivity (Wildman–Crippen MR) is 71.9 cm³/mol. The lowest BCUT2D eigenvalue weighted by Crippen LogP contribution is -2.40. The summed E-state index contributed by atoms with van der Waals surface area (Å²) in [6.07, 6.45) is 6.02. The summed E-state index contributed by atoms with van der Waals surface area (Å²) in [5.41, 5.74) is 0. The minimum atomic E-state index is -0.888. The number of likely N-dealkylation sites (N-methyl/N-ethyl adjacent to an activating group) is 1. The summed E-state index contributed by atoms with van der Waals surface area (Å²) in [5, 5.41) is 8.63. The topological polar surface area (TPSA) is 66.8 Å². The largest absolute Gasteiger partial charge is 0.481 e. The van der Waals surface area contributed by atoms with Crippen LogP contribution in [-0.4, -0.2) is 47.7 Å². The van der Waals surface area contributed by atoms with Crippen LogP contribution >= 0.6 is 0 Å². The van der Waals surface area contributed by atoms with Crippen molar-refractivity contribution in [1.82, 2.24) is 4.90 Å². The first-order valence-electron chi connectivity index (χ1n) is 7.16. The van der Waals surface area contributed by atoms with E-state index in [-0.39, 0.29) is 25.0 Å². The van der Waals surface area contributed by atoms with E-state index in [4.69, 9.17) is 9.84 Å². The number of carbonyl (C=O) groups excluding carboxylic acids is 1. The van der Waals surface area contributed by atoms with Crippen LogP contribution in [0.4, 0.5) is 0 Å². The zero-order chi connectivity index (χ0) is 14.3. The van der Waals surface area contributed by atoms with Gasteiger partial charge in [0.15, 0.2) is 0 Å². The minimum absolute atomic E-state index is 0.0257. The van der Waals surface area contributed by atoms with E-state index >= 15 is 0 Å². The van der Waals surface area contributed by atoms with E-state index < -0.39 is 12.1 Å². The van der Waals surface area contributed by atoms with Crippen molar-refractivity contribution >= 4 is 11.9 Å². The number of carboxylic acid groups (broad SMARTS) is 1. The highest BCUT2D eigenvalue weighted by molar-refractivity contribution is 5.81. The maximum atomic E-state index is 12.2. The van der Waals surface area contributed by atoms with E-state index in [9.17, 15) is 9.59 Å². The van der Waals surface area contributed by atoms with Crippen molar-refractivity contribution in [3.8, 4) is 0 Å². The lowest BCUT2D eigenvalue weighted by atomic mass is 9.97. The molecule has 0 radical (unpaired) electrons. The third kappa shape index (κ3) is 5.59. The SMILES string of the molecule is CCC(OC1CCCCC1)C(=O)N(C)CCC(=O)O. The number of ether oxygens (including phenoxy) is 1. The Morgan fingerprint density at radius 3 is 2.47 bits per heavy atom. The summed E-state index contributed by atoms with van der Waals surface area (Å²) in [5.74, 6) is -0.991.